The van der Waals surface area contributed by atoms with Crippen molar-refractivity contribution in [2.24, 2.45) is 0 Å². The number of hydrogen-bond donors (Lipinski definition) is 2. The van der Waals surface area contributed by atoms with E-state index in [4.69, 9.17) is 4.74 Å². The first-order valence-corrected chi connectivity index (χ1v) is 8.01. The second-order valence-electron chi connectivity index (χ2n) is 5.42. The molecule has 0 aliphatic rings. The van der Waals surface area contributed by atoms with E-state index < -0.39 is 22.9 Å². The SMILES string of the molecule is CCNC(=O)[C@H](C)OC(=O)c1ccc(Nc2ccccc2)c([N+](=O)[O-])c1. The van der Waals surface area contributed by atoms with Gasteiger partial charge in [-0.15, -0.1) is 0 Å². The largest absolute Gasteiger partial charge is 0.449 e. The van der Waals surface area contributed by atoms with E-state index in [9.17, 15) is 19.7 Å². The molecule has 2 aromatic carbocycles. The summed E-state index contributed by atoms with van der Waals surface area (Å²) in [7, 11) is 0. The lowest BCUT2D eigenvalue weighted by Crippen LogP contribution is -2.35. The number of para-hydroxylation sites is 1. The molecule has 8 nitrogen and oxygen atoms in total. The van der Waals surface area contributed by atoms with Crippen LogP contribution in [0.5, 0.6) is 0 Å². The lowest BCUT2D eigenvalue weighted by atomic mass is 10.1. The Hall–Kier alpha value is -3.42. The molecule has 0 fully saturated rings. The average Bonchev–Trinajstić information content (AvgIpc) is 2.62. The summed E-state index contributed by atoms with van der Waals surface area (Å²) in [5.74, 6) is -1.24. The van der Waals surface area contributed by atoms with Crippen molar-refractivity contribution in [2.45, 2.75) is 20.0 Å². The summed E-state index contributed by atoms with van der Waals surface area (Å²) < 4.78 is 5.05. The molecule has 1 amide bonds. The monoisotopic (exact) mass is 357 g/mol. The molecule has 26 heavy (non-hydrogen) atoms. The van der Waals surface area contributed by atoms with Crippen molar-refractivity contribution >= 4 is 28.9 Å². The Kier molecular flexibility index (Phi) is 6.26. The number of rotatable bonds is 7. The second-order valence-corrected chi connectivity index (χ2v) is 5.42. The first-order valence-electron chi connectivity index (χ1n) is 8.01. The molecule has 0 unspecified atom stereocenters. The van der Waals surface area contributed by atoms with Gasteiger partial charge in [-0.25, -0.2) is 4.79 Å². The van der Waals surface area contributed by atoms with Gasteiger partial charge in [-0.2, -0.15) is 0 Å². The van der Waals surface area contributed by atoms with Crippen molar-refractivity contribution in [3.05, 3.63) is 64.2 Å². The predicted octanol–water partition coefficient (Wildman–Crippen LogP) is 3.02. The smallest absolute Gasteiger partial charge is 0.339 e. The number of carbonyl (C=O) groups excluding carboxylic acids is 2. The molecule has 0 saturated carbocycles. The van der Waals surface area contributed by atoms with E-state index in [1.54, 1.807) is 31.2 Å². The quantitative estimate of drug-likeness (QED) is 0.448. The number of hydrogen-bond acceptors (Lipinski definition) is 6. The summed E-state index contributed by atoms with van der Waals surface area (Å²) in [5.41, 5.74) is 0.644. The molecule has 2 aromatic rings. The third kappa shape index (κ3) is 4.79. The third-order valence-corrected chi connectivity index (χ3v) is 3.49. The Morgan fingerprint density at radius 1 is 1.19 bits per heavy atom. The molecule has 0 spiro atoms. The van der Waals surface area contributed by atoms with Crippen molar-refractivity contribution < 1.29 is 19.2 Å². The van der Waals surface area contributed by atoms with Crippen molar-refractivity contribution in [2.75, 3.05) is 11.9 Å². The van der Waals surface area contributed by atoms with Crippen LogP contribution in [-0.4, -0.2) is 29.4 Å². The number of nitrogens with zero attached hydrogens (tertiary/aromatic N) is 1. The first-order chi connectivity index (χ1) is 12.4. The zero-order valence-corrected chi connectivity index (χ0v) is 14.4. The number of carbonyl (C=O) groups is 2. The Labute approximate surface area is 150 Å². The summed E-state index contributed by atoms with van der Waals surface area (Å²) >= 11 is 0. The maximum atomic E-state index is 12.2. The van der Waals surface area contributed by atoms with Gasteiger partial charge < -0.3 is 15.4 Å². The molecule has 2 rings (SSSR count). The number of anilines is 2. The van der Waals surface area contributed by atoms with Crippen LogP contribution in [0.15, 0.2) is 48.5 Å². The van der Waals surface area contributed by atoms with Crippen LogP contribution >= 0.6 is 0 Å². The van der Waals surface area contributed by atoms with Crippen LogP contribution in [0.3, 0.4) is 0 Å². The Balaban J connectivity index is 2.20. The third-order valence-electron chi connectivity index (χ3n) is 3.49. The molecular weight excluding hydrogens is 338 g/mol. The highest BCUT2D eigenvalue weighted by Crippen LogP contribution is 2.29. The Morgan fingerprint density at radius 2 is 1.88 bits per heavy atom. The van der Waals surface area contributed by atoms with Gasteiger partial charge in [0.1, 0.15) is 5.69 Å². The fraction of sp³-hybridized carbons (Fsp3) is 0.222. The summed E-state index contributed by atoms with van der Waals surface area (Å²) in [4.78, 5) is 34.6. The topological polar surface area (TPSA) is 111 Å². The van der Waals surface area contributed by atoms with Crippen LogP contribution in [0.4, 0.5) is 17.1 Å². The Bertz CT molecular complexity index is 808. The molecule has 0 radical (unpaired) electrons. The number of nitrogens with one attached hydrogen (secondary N) is 2. The van der Waals surface area contributed by atoms with Gasteiger partial charge in [-0.05, 0) is 38.1 Å². The molecule has 0 bridgehead atoms. The van der Waals surface area contributed by atoms with E-state index in [1.807, 2.05) is 6.07 Å². The minimum Gasteiger partial charge on any atom is -0.449 e. The predicted molar refractivity (Wildman–Crippen MR) is 96.4 cm³/mol. The van der Waals surface area contributed by atoms with Crippen LogP contribution in [0.1, 0.15) is 24.2 Å². The number of nitro groups is 1. The molecule has 2 N–H and O–H groups in total. The number of benzene rings is 2. The lowest BCUT2D eigenvalue weighted by molar-refractivity contribution is -0.383. The summed E-state index contributed by atoms with van der Waals surface area (Å²) in [6, 6.07) is 12.9. The zero-order valence-electron chi connectivity index (χ0n) is 14.4. The number of likely N-dealkylation sites (N-methyl/N-ethyl adjacent to an activating group) is 1. The fourth-order valence-electron chi connectivity index (χ4n) is 2.19. The number of esters is 1. The van der Waals surface area contributed by atoms with Crippen LogP contribution < -0.4 is 10.6 Å². The average molecular weight is 357 g/mol. The molecule has 0 aliphatic heterocycles. The van der Waals surface area contributed by atoms with E-state index in [-0.39, 0.29) is 16.9 Å². The molecule has 0 saturated heterocycles. The molecule has 0 aromatic heterocycles. The van der Waals surface area contributed by atoms with Crippen molar-refractivity contribution in [1.29, 1.82) is 0 Å². The van der Waals surface area contributed by atoms with E-state index in [0.717, 1.165) is 6.07 Å². The summed E-state index contributed by atoms with van der Waals surface area (Å²) in [6.07, 6.45) is -0.997. The van der Waals surface area contributed by atoms with E-state index in [1.165, 1.54) is 19.1 Å². The first kappa shape index (κ1) is 18.9. The van der Waals surface area contributed by atoms with Crippen LogP contribution in [-0.2, 0) is 9.53 Å². The van der Waals surface area contributed by atoms with E-state index in [0.29, 0.717) is 12.2 Å². The maximum absolute atomic E-state index is 12.2. The maximum Gasteiger partial charge on any atom is 0.339 e. The van der Waals surface area contributed by atoms with Gasteiger partial charge in [0.25, 0.3) is 11.6 Å². The van der Waals surface area contributed by atoms with Gasteiger partial charge in [-0.3, -0.25) is 14.9 Å². The van der Waals surface area contributed by atoms with Crippen LogP contribution in [0.25, 0.3) is 0 Å². The lowest BCUT2D eigenvalue weighted by Gasteiger charge is -2.13. The fourth-order valence-corrected chi connectivity index (χ4v) is 2.19. The van der Waals surface area contributed by atoms with Gasteiger partial charge in [0, 0.05) is 18.3 Å². The molecular formula is C18H19N3O5. The normalized spacial score (nSPS) is 11.3. The molecule has 0 aliphatic carbocycles. The Morgan fingerprint density at radius 3 is 2.50 bits per heavy atom. The van der Waals surface area contributed by atoms with Gasteiger partial charge in [0.05, 0.1) is 10.5 Å². The molecule has 0 heterocycles. The van der Waals surface area contributed by atoms with E-state index in [2.05, 4.69) is 10.6 Å². The summed E-state index contributed by atoms with van der Waals surface area (Å²) in [6.45, 7) is 3.59. The second kappa shape index (κ2) is 8.61. The standard InChI is InChI=1S/C18H19N3O5/c1-3-19-17(22)12(2)26-18(23)13-9-10-15(16(11-13)21(24)25)20-14-7-5-4-6-8-14/h4-12,20H,3H2,1-2H3,(H,19,22)/t12-/m0/s1. The van der Waals surface area contributed by atoms with Gasteiger partial charge >= 0.3 is 5.97 Å². The highest BCUT2D eigenvalue weighted by atomic mass is 16.6. The number of ether oxygens (including phenoxy) is 1. The van der Waals surface area contributed by atoms with Gasteiger partial charge in [0.2, 0.25) is 0 Å². The molecule has 8 heteroatoms. The molecule has 136 valence electrons. The minimum atomic E-state index is -0.997. The van der Waals surface area contributed by atoms with Gasteiger partial charge in [-0.1, -0.05) is 18.2 Å². The molecule has 1 atom stereocenters. The summed E-state index contributed by atoms with van der Waals surface area (Å²) in [5, 5.41) is 16.8. The minimum absolute atomic E-state index is 0.00791. The van der Waals surface area contributed by atoms with Gasteiger partial charge in [0.15, 0.2) is 6.10 Å². The van der Waals surface area contributed by atoms with E-state index >= 15 is 0 Å². The van der Waals surface area contributed by atoms with Crippen molar-refractivity contribution in [1.82, 2.24) is 5.32 Å². The highest BCUT2D eigenvalue weighted by Gasteiger charge is 2.22. The van der Waals surface area contributed by atoms with Crippen LogP contribution in [0, 0.1) is 10.1 Å². The number of nitro benzene ring substituents is 1. The highest BCUT2D eigenvalue weighted by molar-refractivity contribution is 5.94. The zero-order chi connectivity index (χ0) is 19.1. The number of amides is 1. The van der Waals surface area contributed by atoms with Crippen LogP contribution in [0.2, 0.25) is 0 Å². The van der Waals surface area contributed by atoms with Crippen molar-refractivity contribution in [3.8, 4) is 0 Å². The van der Waals surface area contributed by atoms with Crippen molar-refractivity contribution in [3.63, 3.8) is 0 Å².